The van der Waals surface area contributed by atoms with Crippen LogP contribution in [0.5, 0.6) is 0 Å². The molecule has 0 aliphatic heterocycles. The van der Waals surface area contributed by atoms with E-state index in [-0.39, 0.29) is 17.9 Å². The van der Waals surface area contributed by atoms with Gasteiger partial charge in [-0.3, -0.25) is 9.59 Å². The third kappa shape index (κ3) is 4.34. The number of carbonyl (C=O) groups excluding carboxylic acids is 2. The second-order valence-corrected chi connectivity index (χ2v) is 6.76. The lowest BCUT2D eigenvalue weighted by Gasteiger charge is -2.14. The lowest BCUT2D eigenvalue weighted by molar-refractivity contribution is -0.114. The van der Waals surface area contributed by atoms with Gasteiger partial charge in [-0.25, -0.2) is 4.98 Å². The van der Waals surface area contributed by atoms with E-state index in [1.807, 2.05) is 49.4 Å². The van der Waals surface area contributed by atoms with Gasteiger partial charge >= 0.3 is 0 Å². The Hall–Kier alpha value is -2.99. The van der Waals surface area contributed by atoms with Crippen LogP contribution in [0.2, 0.25) is 0 Å². The average Bonchev–Trinajstić information content (AvgIpc) is 3.10. The molecule has 2 aromatic carbocycles. The van der Waals surface area contributed by atoms with E-state index >= 15 is 0 Å². The van der Waals surface area contributed by atoms with Crippen LogP contribution in [0.25, 0.3) is 11.1 Å². The van der Waals surface area contributed by atoms with Crippen molar-refractivity contribution in [1.29, 1.82) is 0 Å². The molecule has 6 heteroatoms. The SMILES string of the molecule is CC(=O)Nc1nc(C(=O)NC(C)c2ccc(-c3ccccc3)cc2)cs1. The number of nitrogens with zero attached hydrogens (tertiary/aromatic N) is 1. The molecule has 0 fully saturated rings. The molecule has 1 aromatic heterocycles. The van der Waals surface area contributed by atoms with Crippen molar-refractivity contribution in [2.45, 2.75) is 19.9 Å². The highest BCUT2D eigenvalue weighted by molar-refractivity contribution is 7.14. The predicted molar refractivity (Wildman–Crippen MR) is 104 cm³/mol. The summed E-state index contributed by atoms with van der Waals surface area (Å²) in [5.74, 6) is -0.476. The number of benzene rings is 2. The van der Waals surface area contributed by atoms with Gasteiger partial charge in [0.2, 0.25) is 5.91 Å². The minimum Gasteiger partial charge on any atom is -0.344 e. The molecule has 3 aromatic rings. The molecule has 1 unspecified atom stereocenters. The Morgan fingerprint density at radius 2 is 1.65 bits per heavy atom. The van der Waals surface area contributed by atoms with E-state index in [0.29, 0.717) is 10.8 Å². The topological polar surface area (TPSA) is 71.1 Å². The smallest absolute Gasteiger partial charge is 0.271 e. The maximum atomic E-state index is 12.3. The molecule has 0 saturated heterocycles. The first kappa shape index (κ1) is 17.8. The van der Waals surface area contributed by atoms with E-state index in [1.54, 1.807) is 5.38 Å². The zero-order valence-electron chi connectivity index (χ0n) is 14.5. The molecule has 5 nitrogen and oxygen atoms in total. The van der Waals surface area contributed by atoms with Gasteiger partial charge in [-0.05, 0) is 23.6 Å². The van der Waals surface area contributed by atoms with Gasteiger partial charge in [0.05, 0.1) is 6.04 Å². The highest BCUT2D eigenvalue weighted by Gasteiger charge is 2.15. The highest BCUT2D eigenvalue weighted by atomic mass is 32.1. The quantitative estimate of drug-likeness (QED) is 0.710. The summed E-state index contributed by atoms with van der Waals surface area (Å²) in [7, 11) is 0. The van der Waals surface area contributed by atoms with Crippen LogP contribution in [0, 0.1) is 0 Å². The fourth-order valence-corrected chi connectivity index (χ4v) is 3.27. The second-order valence-electron chi connectivity index (χ2n) is 5.90. The molecule has 0 saturated carbocycles. The molecule has 2 N–H and O–H groups in total. The van der Waals surface area contributed by atoms with E-state index in [4.69, 9.17) is 0 Å². The number of nitrogens with one attached hydrogen (secondary N) is 2. The molecular weight excluding hydrogens is 346 g/mol. The largest absolute Gasteiger partial charge is 0.344 e. The summed E-state index contributed by atoms with van der Waals surface area (Å²) in [5.41, 5.74) is 3.60. The van der Waals surface area contributed by atoms with Crippen molar-refractivity contribution >= 4 is 28.3 Å². The van der Waals surface area contributed by atoms with Crippen LogP contribution in [0.4, 0.5) is 5.13 Å². The number of hydrogen-bond donors (Lipinski definition) is 2. The van der Waals surface area contributed by atoms with Crippen LogP contribution in [0.1, 0.15) is 35.9 Å². The van der Waals surface area contributed by atoms with Crippen molar-refractivity contribution in [3.8, 4) is 11.1 Å². The molecule has 132 valence electrons. The van der Waals surface area contributed by atoms with Gasteiger partial charge < -0.3 is 10.6 Å². The second kappa shape index (κ2) is 7.93. The maximum absolute atomic E-state index is 12.3. The Kier molecular flexibility index (Phi) is 5.43. The number of aromatic nitrogens is 1. The molecular formula is C20H19N3O2S. The third-order valence-electron chi connectivity index (χ3n) is 3.89. The lowest BCUT2D eigenvalue weighted by atomic mass is 10.0. The van der Waals surface area contributed by atoms with Gasteiger partial charge in [0.1, 0.15) is 5.69 Å². The van der Waals surface area contributed by atoms with E-state index in [2.05, 4.69) is 27.8 Å². The lowest BCUT2D eigenvalue weighted by Crippen LogP contribution is -2.26. The average molecular weight is 365 g/mol. The molecule has 1 heterocycles. The number of anilines is 1. The van der Waals surface area contributed by atoms with Crippen LogP contribution >= 0.6 is 11.3 Å². The summed E-state index contributed by atoms with van der Waals surface area (Å²) in [4.78, 5) is 27.5. The summed E-state index contributed by atoms with van der Waals surface area (Å²) in [6.45, 7) is 3.33. The molecule has 0 aliphatic carbocycles. The molecule has 0 bridgehead atoms. The fourth-order valence-electron chi connectivity index (χ4n) is 2.53. The van der Waals surface area contributed by atoms with Gasteiger partial charge in [-0.1, -0.05) is 54.6 Å². The van der Waals surface area contributed by atoms with Gasteiger partial charge in [-0.15, -0.1) is 11.3 Å². The van der Waals surface area contributed by atoms with Crippen LogP contribution in [0.3, 0.4) is 0 Å². The van der Waals surface area contributed by atoms with Crippen molar-refractivity contribution in [1.82, 2.24) is 10.3 Å². The standard InChI is InChI=1S/C20H19N3O2S/c1-13(21-19(25)18-12-26-20(23-18)22-14(2)24)15-8-10-17(11-9-15)16-6-4-3-5-7-16/h3-13H,1-2H3,(H,21,25)(H,22,23,24). The Morgan fingerprint density at radius 3 is 2.31 bits per heavy atom. The fraction of sp³-hybridized carbons (Fsp3) is 0.150. The highest BCUT2D eigenvalue weighted by Crippen LogP contribution is 2.22. The molecule has 0 aliphatic rings. The number of carbonyl (C=O) groups is 2. The first-order valence-electron chi connectivity index (χ1n) is 8.22. The van der Waals surface area contributed by atoms with Crippen LogP contribution in [0.15, 0.2) is 60.0 Å². The van der Waals surface area contributed by atoms with Gasteiger partial charge in [-0.2, -0.15) is 0 Å². The Labute approximate surface area is 156 Å². The summed E-state index contributed by atoms with van der Waals surface area (Å²) in [5, 5.41) is 7.56. The molecule has 0 spiro atoms. The van der Waals surface area contributed by atoms with Crippen LogP contribution in [-0.2, 0) is 4.79 Å². The van der Waals surface area contributed by atoms with E-state index in [9.17, 15) is 9.59 Å². The zero-order valence-corrected chi connectivity index (χ0v) is 15.3. The maximum Gasteiger partial charge on any atom is 0.271 e. The van der Waals surface area contributed by atoms with Crippen LogP contribution in [-0.4, -0.2) is 16.8 Å². The number of hydrogen-bond acceptors (Lipinski definition) is 4. The molecule has 1 atom stereocenters. The minimum absolute atomic E-state index is 0.154. The molecule has 0 radical (unpaired) electrons. The van der Waals surface area contributed by atoms with Gasteiger partial charge in [0.15, 0.2) is 5.13 Å². The van der Waals surface area contributed by atoms with Gasteiger partial charge in [0.25, 0.3) is 5.91 Å². The van der Waals surface area contributed by atoms with Gasteiger partial charge in [0, 0.05) is 12.3 Å². The normalized spacial score (nSPS) is 11.6. The summed E-state index contributed by atoms with van der Waals surface area (Å²) in [6.07, 6.45) is 0. The van der Waals surface area contributed by atoms with Crippen LogP contribution < -0.4 is 10.6 Å². The Bertz CT molecular complexity index is 904. The predicted octanol–water partition coefficient (Wildman–Crippen LogP) is 4.26. The van der Waals surface area contributed by atoms with Crippen molar-refractivity contribution < 1.29 is 9.59 Å². The number of thiazole rings is 1. The molecule has 2 amide bonds. The number of rotatable bonds is 5. The first-order chi connectivity index (χ1) is 12.5. The van der Waals surface area contributed by atoms with Crippen molar-refractivity contribution in [3.63, 3.8) is 0 Å². The minimum atomic E-state index is -0.266. The summed E-state index contributed by atoms with van der Waals surface area (Å²) in [6, 6.07) is 18.1. The summed E-state index contributed by atoms with van der Waals surface area (Å²) >= 11 is 1.22. The van der Waals surface area contributed by atoms with Crippen molar-refractivity contribution in [2.75, 3.05) is 5.32 Å². The Balaban J connectivity index is 1.65. The first-order valence-corrected chi connectivity index (χ1v) is 9.10. The Morgan fingerprint density at radius 1 is 1.00 bits per heavy atom. The van der Waals surface area contributed by atoms with E-state index < -0.39 is 0 Å². The van der Waals surface area contributed by atoms with E-state index in [0.717, 1.165) is 16.7 Å². The number of amides is 2. The third-order valence-corrected chi connectivity index (χ3v) is 4.64. The molecule has 3 rings (SSSR count). The van der Waals surface area contributed by atoms with E-state index in [1.165, 1.54) is 18.3 Å². The van der Waals surface area contributed by atoms with Crippen molar-refractivity contribution in [2.24, 2.45) is 0 Å². The monoisotopic (exact) mass is 365 g/mol. The molecule has 26 heavy (non-hydrogen) atoms. The summed E-state index contributed by atoms with van der Waals surface area (Å²) < 4.78 is 0. The van der Waals surface area contributed by atoms with Crippen molar-refractivity contribution in [3.05, 3.63) is 71.2 Å². The zero-order chi connectivity index (χ0) is 18.5.